The molecule has 88 valence electrons. The molecule has 16 heavy (non-hydrogen) atoms. The maximum atomic E-state index is 5.79. The number of hydrogen-bond donors (Lipinski definition) is 1. The lowest BCUT2D eigenvalue weighted by atomic mass is 9.77. The summed E-state index contributed by atoms with van der Waals surface area (Å²) in [6, 6.07) is 4.82. The van der Waals surface area contributed by atoms with Gasteiger partial charge in [-0.2, -0.15) is 0 Å². The third-order valence-electron chi connectivity index (χ3n) is 3.82. The molecule has 0 saturated carbocycles. The first-order valence-corrected chi connectivity index (χ1v) is 6.17. The van der Waals surface area contributed by atoms with Crippen LogP contribution in [-0.4, -0.2) is 25.8 Å². The fourth-order valence-electron chi connectivity index (χ4n) is 2.83. The highest BCUT2D eigenvalue weighted by Crippen LogP contribution is 2.38. The van der Waals surface area contributed by atoms with Crippen LogP contribution in [0, 0.1) is 6.92 Å². The summed E-state index contributed by atoms with van der Waals surface area (Å²) in [6.07, 6.45) is 3.75. The Bertz CT molecular complexity index is 362. The number of hydrogen-bond acceptors (Lipinski definition) is 3. The first-order valence-electron chi connectivity index (χ1n) is 6.17. The quantitative estimate of drug-likeness (QED) is 0.847. The molecule has 3 nitrogen and oxygen atoms in total. The Hall–Kier alpha value is -0.800. The largest absolute Gasteiger partial charge is 0.466 e. The van der Waals surface area contributed by atoms with Gasteiger partial charge >= 0.3 is 0 Å². The van der Waals surface area contributed by atoms with Gasteiger partial charge < -0.3 is 14.5 Å². The monoisotopic (exact) mass is 221 g/mol. The van der Waals surface area contributed by atoms with Crippen molar-refractivity contribution in [3.8, 4) is 0 Å². The molecule has 3 heteroatoms. The standard InChI is InChI=1S/C13H19NO2/c1-10-4-5-12(16-10)13(8-15-9-13)7-11-3-2-6-14-11/h4-5,11,14H,2-3,6-9H2,1H3. The second kappa shape index (κ2) is 3.90. The SMILES string of the molecule is Cc1ccc(C2(CC3CCCN3)COC2)o1. The average molecular weight is 221 g/mol. The van der Waals surface area contributed by atoms with Crippen molar-refractivity contribution < 1.29 is 9.15 Å². The van der Waals surface area contributed by atoms with Gasteiger partial charge in [-0.15, -0.1) is 0 Å². The van der Waals surface area contributed by atoms with Crippen molar-refractivity contribution in [2.24, 2.45) is 0 Å². The zero-order valence-corrected chi connectivity index (χ0v) is 9.79. The van der Waals surface area contributed by atoms with Gasteiger partial charge in [0.2, 0.25) is 0 Å². The minimum Gasteiger partial charge on any atom is -0.466 e. The van der Waals surface area contributed by atoms with Gasteiger partial charge in [-0.25, -0.2) is 0 Å². The lowest BCUT2D eigenvalue weighted by Gasteiger charge is -2.41. The Morgan fingerprint density at radius 3 is 2.81 bits per heavy atom. The van der Waals surface area contributed by atoms with E-state index in [0.717, 1.165) is 31.2 Å². The minimum absolute atomic E-state index is 0.149. The molecule has 2 fully saturated rings. The van der Waals surface area contributed by atoms with Crippen LogP contribution in [0.2, 0.25) is 0 Å². The summed E-state index contributed by atoms with van der Waals surface area (Å²) < 4.78 is 11.2. The van der Waals surface area contributed by atoms with Gasteiger partial charge in [0.15, 0.2) is 0 Å². The van der Waals surface area contributed by atoms with Crippen molar-refractivity contribution in [2.45, 2.75) is 37.6 Å². The van der Waals surface area contributed by atoms with E-state index < -0.39 is 0 Å². The molecule has 3 rings (SSSR count). The first kappa shape index (κ1) is 10.4. The Labute approximate surface area is 96.2 Å². The summed E-state index contributed by atoms with van der Waals surface area (Å²) in [5.41, 5.74) is 0.149. The van der Waals surface area contributed by atoms with Crippen molar-refractivity contribution in [1.82, 2.24) is 5.32 Å². The van der Waals surface area contributed by atoms with E-state index in [9.17, 15) is 0 Å². The van der Waals surface area contributed by atoms with Gasteiger partial charge in [0.1, 0.15) is 11.5 Å². The Kier molecular flexibility index (Phi) is 2.52. The second-order valence-corrected chi connectivity index (χ2v) is 5.18. The molecule has 1 aromatic heterocycles. The van der Waals surface area contributed by atoms with Crippen LogP contribution in [-0.2, 0) is 10.2 Å². The molecule has 0 bridgehead atoms. The number of nitrogens with one attached hydrogen (secondary N) is 1. The molecule has 2 aliphatic rings. The maximum absolute atomic E-state index is 5.79. The normalized spacial score (nSPS) is 27.9. The molecule has 2 aliphatic heterocycles. The molecule has 0 aromatic carbocycles. The predicted molar refractivity (Wildman–Crippen MR) is 61.6 cm³/mol. The van der Waals surface area contributed by atoms with Gasteiger partial charge in [0.25, 0.3) is 0 Å². The average Bonchev–Trinajstić information content (AvgIpc) is 2.82. The molecule has 1 unspecified atom stereocenters. The highest BCUT2D eigenvalue weighted by Gasteiger charge is 2.44. The molecule has 2 saturated heterocycles. The van der Waals surface area contributed by atoms with E-state index in [1.807, 2.05) is 6.92 Å². The third kappa shape index (κ3) is 1.68. The molecule has 0 amide bonds. The zero-order chi connectivity index (χ0) is 11.0. The summed E-state index contributed by atoms with van der Waals surface area (Å²) in [6.45, 7) is 4.81. The van der Waals surface area contributed by atoms with E-state index in [0.29, 0.717) is 6.04 Å². The zero-order valence-electron chi connectivity index (χ0n) is 9.79. The Balaban J connectivity index is 1.77. The van der Waals surface area contributed by atoms with Crippen LogP contribution in [0.1, 0.15) is 30.8 Å². The number of furan rings is 1. The summed E-state index contributed by atoms with van der Waals surface area (Å²) in [5, 5.41) is 3.56. The fourth-order valence-corrected chi connectivity index (χ4v) is 2.83. The highest BCUT2D eigenvalue weighted by atomic mass is 16.5. The van der Waals surface area contributed by atoms with Crippen molar-refractivity contribution in [2.75, 3.05) is 19.8 Å². The topological polar surface area (TPSA) is 34.4 Å². The molecule has 3 heterocycles. The fraction of sp³-hybridized carbons (Fsp3) is 0.692. The van der Waals surface area contributed by atoms with E-state index in [1.165, 1.54) is 19.4 Å². The van der Waals surface area contributed by atoms with Crippen LogP contribution < -0.4 is 5.32 Å². The van der Waals surface area contributed by atoms with E-state index in [2.05, 4.69) is 17.4 Å². The minimum atomic E-state index is 0.149. The van der Waals surface area contributed by atoms with Gasteiger partial charge in [-0.05, 0) is 44.9 Å². The Morgan fingerprint density at radius 2 is 2.31 bits per heavy atom. The molecular formula is C13H19NO2. The van der Waals surface area contributed by atoms with E-state index in [1.54, 1.807) is 0 Å². The second-order valence-electron chi connectivity index (χ2n) is 5.18. The first-order chi connectivity index (χ1) is 7.78. The summed E-state index contributed by atoms with van der Waals surface area (Å²) in [4.78, 5) is 0. The van der Waals surface area contributed by atoms with Crippen molar-refractivity contribution in [3.63, 3.8) is 0 Å². The van der Waals surface area contributed by atoms with E-state index in [4.69, 9.17) is 9.15 Å². The van der Waals surface area contributed by atoms with Crippen molar-refractivity contribution in [3.05, 3.63) is 23.7 Å². The van der Waals surface area contributed by atoms with Crippen molar-refractivity contribution in [1.29, 1.82) is 0 Å². The van der Waals surface area contributed by atoms with Crippen LogP contribution >= 0.6 is 0 Å². The highest BCUT2D eigenvalue weighted by molar-refractivity contribution is 5.21. The Morgan fingerprint density at radius 1 is 1.44 bits per heavy atom. The van der Waals surface area contributed by atoms with Gasteiger partial charge in [0.05, 0.1) is 18.6 Å². The van der Waals surface area contributed by atoms with Gasteiger partial charge in [0, 0.05) is 6.04 Å². The smallest absolute Gasteiger partial charge is 0.115 e. The van der Waals surface area contributed by atoms with Gasteiger partial charge in [-0.1, -0.05) is 0 Å². The number of aryl methyl sites for hydroxylation is 1. The molecule has 0 spiro atoms. The molecule has 0 radical (unpaired) electrons. The molecule has 1 N–H and O–H groups in total. The third-order valence-corrected chi connectivity index (χ3v) is 3.82. The van der Waals surface area contributed by atoms with Gasteiger partial charge in [-0.3, -0.25) is 0 Å². The van der Waals surface area contributed by atoms with Crippen LogP contribution in [0.4, 0.5) is 0 Å². The van der Waals surface area contributed by atoms with Crippen LogP contribution in [0.15, 0.2) is 16.5 Å². The molecular weight excluding hydrogens is 202 g/mol. The molecule has 0 aliphatic carbocycles. The van der Waals surface area contributed by atoms with Crippen molar-refractivity contribution >= 4 is 0 Å². The summed E-state index contributed by atoms with van der Waals surface area (Å²) in [7, 11) is 0. The molecule has 1 aromatic rings. The molecule has 1 atom stereocenters. The van der Waals surface area contributed by atoms with Crippen LogP contribution in [0.5, 0.6) is 0 Å². The van der Waals surface area contributed by atoms with Crippen LogP contribution in [0.3, 0.4) is 0 Å². The number of rotatable bonds is 3. The van der Waals surface area contributed by atoms with E-state index >= 15 is 0 Å². The van der Waals surface area contributed by atoms with Crippen LogP contribution in [0.25, 0.3) is 0 Å². The lowest BCUT2D eigenvalue weighted by Crippen LogP contribution is -2.50. The summed E-state index contributed by atoms with van der Waals surface area (Å²) in [5.74, 6) is 2.12. The number of ether oxygens (including phenoxy) is 1. The van der Waals surface area contributed by atoms with E-state index in [-0.39, 0.29) is 5.41 Å². The maximum Gasteiger partial charge on any atom is 0.115 e. The lowest BCUT2D eigenvalue weighted by molar-refractivity contribution is -0.0780. The summed E-state index contributed by atoms with van der Waals surface area (Å²) >= 11 is 0. The predicted octanol–water partition coefficient (Wildman–Crippen LogP) is 2.00.